The van der Waals surface area contributed by atoms with Gasteiger partial charge >= 0.3 is 5.97 Å². The smallest absolute Gasteiger partial charge is 0.339 e. The summed E-state index contributed by atoms with van der Waals surface area (Å²) in [7, 11) is -2.87. The third-order valence-electron chi connectivity index (χ3n) is 4.61. The van der Waals surface area contributed by atoms with E-state index in [1.165, 1.54) is 61.7 Å². The Morgan fingerprint density at radius 3 is 2.41 bits per heavy atom. The van der Waals surface area contributed by atoms with Gasteiger partial charge in [0.05, 0.1) is 12.7 Å². The monoisotopic (exact) mass is 483 g/mol. The van der Waals surface area contributed by atoms with Gasteiger partial charge < -0.3 is 13.9 Å². The Morgan fingerprint density at radius 1 is 1.00 bits per heavy atom. The van der Waals surface area contributed by atoms with Gasteiger partial charge in [-0.05, 0) is 60.7 Å². The molecule has 174 valence electrons. The fourth-order valence-corrected chi connectivity index (χ4v) is 4.23. The van der Waals surface area contributed by atoms with E-state index in [4.69, 9.17) is 9.15 Å². The van der Waals surface area contributed by atoms with Crippen molar-refractivity contribution < 1.29 is 31.5 Å². The van der Waals surface area contributed by atoms with Gasteiger partial charge in [0.15, 0.2) is 6.61 Å². The molecule has 11 heteroatoms. The van der Waals surface area contributed by atoms with Crippen molar-refractivity contribution in [3.63, 3.8) is 0 Å². The van der Waals surface area contributed by atoms with E-state index >= 15 is 0 Å². The number of rotatable bonds is 8. The van der Waals surface area contributed by atoms with Crippen molar-refractivity contribution in [2.75, 3.05) is 11.8 Å². The SMILES string of the molecule is COC(=O)c1ccccc1S(=O)(=O)Nc1ccc(OCc2nnc(-c3ccc(F)cc3)o2)cc1. The topological polar surface area (TPSA) is 121 Å². The molecule has 0 aliphatic carbocycles. The summed E-state index contributed by atoms with van der Waals surface area (Å²) in [6, 6.07) is 17.5. The van der Waals surface area contributed by atoms with Crippen molar-refractivity contribution in [2.24, 2.45) is 0 Å². The number of ether oxygens (including phenoxy) is 2. The maximum absolute atomic E-state index is 13.0. The van der Waals surface area contributed by atoms with Crippen LogP contribution < -0.4 is 9.46 Å². The van der Waals surface area contributed by atoms with Gasteiger partial charge in [-0.15, -0.1) is 10.2 Å². The number of aromatic nitrogens is 2. The molecular weight excluding hydrogens is 465 g/mol. The first kappa shape index (κ1) is 22.9. The minimum absolute atomic E-state index is 0.0221. The van der Waals surface area contributed by atoms with Crippen LogP contribution in [0.2, 0.25) is 0 Å². The summed E-state index contributed by atoms with van der Waals surface area (Å²) in [4.78, 5) is 11.7. The van der Waals surface area contributed by atoms with Gasteiger partial charge in [0.1, 0.15) is 16.5 Å². The van der Waals surface area contributed by atoms with E-state index in [9.17, 15) is 17.6 Å². The van der Waals surface area contributed by atoms with Crippen LogP contribution in [0.5, 0.6) is 5.75 Å². The molecule has 0 aliphatic heterocycles. The van der Waals surface area contributed by atoms with Crippen LogP contribution in [0.25, 0.3) is 11.5 Å². The molecule has 0 radical (unpaired) electrons. The lowest BCUT2D eigenvalue weighted by atomic mass is 10.2. The second-order valence-electron chi connectivity index (χ2n) is 6.91. The van der Waals surface area contributed by atoms with Gasteiger partial charge in [0.2, 0.25) is 5.89 Å². The Bertz CT molecular complexity index is 1400. The number of nitrogens with zero attached hydrogens (tertiary/aromatic N) is 2. The normalized spacial score (nSPS) is 11.1. The van der Waals surface area contributed by atoms with Crippen molar-refractivity contribution in [2.45, 2.75) is 11.5 Å². The highest BCUT2D eigenvalue weighted by molar-refractivity contribution is 7.92. The van der Waals surface area contributed by atoms with Gasteiger partial charge in [-0.2, -0.15) is 0 Å². The van der Waals surface area contributed by atoms with Crippen LogP contribution in [-0.4, -0.2) is 31.7 Å². The molecule has 34 heavy (non-hydrogen) atoms. The lowest BCUT2D eigenvalue weighted by Gasteiger charge is -2.11. The highest BCUT2D eigenvalue weighted by atomic mass is 32.2. The Kier molecular flexibility index (Phi) is 6.55. The molecule has 0 saturated heterocycles. The Hall–Kier alpha value is -4.25. The zero-order valence-corrected chi connectivity index (χ0v) is 18.6. The molecule has 0 saturated carbocycles. The van der Waals surface area contributed by atoms with E-state index < -0.39 is 16.0 Å². The third kappa shape index (κ3) is 5.21. The van der Waals surface area contributed by atoms with Crippen molar-refractivity contribution in [1.29, 1.82) is 0 Å². The Balaban J connectivity index is 1.40. The van der Waals surface area contributed by atoms with Crippen LogP contribution in [0.1, 0.15) is 16.2 Å². The number of halogens is 1. The van der Waals surface area contributed by atoms with Gasteiger partial charge in [-0.3, -0.25) is 4.72 Å². The van der Waals surface area contributed by atoms with Gasteiger partial charge in [0.25, 0.3) is 15.9 Å². The number of anilines is 1. The molecule has 0 aliphatic rings. The lowest BCUT2D eigenvalue weighted by molar-refractivity contribution is 0.0596. The van der Waals surface area contributed by atoms with Crippen molar-refractivity contribution in [1.82, 2.24) is 10.2 Å². The average molecular weight is 483 g/mol. The maximum Gasteiger partial charge on any atom is 0.339 e. The molecule has 1 N–H and O–H groups in total. The minimum Gasteiger partial charge on any atom is -0.484 e. The fourth-order valence-electron chi connectivity index (χ4n) is 2.98. The standard InChI is InChI=1S/C23H18FN3O6S/c1-31-23(28)19-4-2-3-5-20(19)34(29,30)27-17-10-12-18(13-11-17)32-14-21-25-26-22(33-21)15-6-8-16(24)9-7-15/h2-13,27H,14H2,1H3. The van der Waals surface area contributed by atoms with E-state index in [0.29, 0.717) is 11.3 Å². The fraction of sp³-hybridized carbons (Fsp3) is 0.0870. The molecular formula is C23H18FN3O6S. The quantitative estimate of drug-likeness (QED) is 0.373. The predicted molar refractivity (Wildman–Crippen MR) is 119 cm³/mol. The lowest BCUT2D eigenvalue weighted by Crippen LogP contribution is -2.17. The molecule has 1 heterocycles. The largest absolute Gasteiger partial charge is 0.484 e. The second kappa shape index (κ2) is 9.71. The second-order valence-corrected chi connectivity index (χ2v) is 8.56. The third-order valence-corrected chi connectivity index (χ3v) is 6.05. The summed E-state index contributed by atoms with van der Waals surface area (Å²) in [5, 5.41) is 7.80. The Morgan fingerprint density at radius 2 is 1.71 bits per heavy atom. The van der Waals surface area contributed by atoms with E-state index in [-0.39, 0.29) is 40.4 Å². The molecule has 0 fully saturated rings. The summed E-state index contributed by atoms with van der Waals surface area (Å²) in [6.07, 6.45) is 0. The highest BCUT2D eigenvalue weighted by Crippen LogP contribution is 2.23. The van der Waals surface area contributed by atoms with Crippen molar-refractivity contribution >= 4 is 21.7 Å². The first-order chi connectivity index (χ1) is 16.4. The molecule has 0 unspecified atom stereocenters. The van der Waals surface area contributed by atoms with E-state index in [0.717, 1.165) is 0 Å². The molecule has 4 aromatic rings. The van der Waals surface area contributed by atoms with E-state index in [2.05, 4.69) is 19.7 Å². The number of esters is 1. The first-order valence-corrected chi connectivity index (χ1v) is 11.4. The number of methoxy groups -OCH3 is 1. The van der Waals surface area contributed by atoms with Crippen LogP contribution in [0.15, 0.2) is 82.1 Å². The number of hydrogen-bond acceptors (Lipinski definition) is 8. The predicted octanol–water partition coefficient (Wildman–Crippen LogP) is 4.04. The van der Waals surface area contributed by atoms with E-state index in [1.54, 1.807) is 18.2 Å². The highest BCUT2D eigenvalue weighted by Gasteiger charge is 2.22. The van der Waals surface area contributed by atoms with Crippen LogP contribution in [0.4, 0.5) is 10.1 Å². The minimum atomic E-state index is -4.04. The molecule has 0 amide bonds. The van der Waals surface area contributed by atoms with Crippen molar-refractivity contribution in [3.05, 3.63) is 90.1 Å². The Labute approximate surface area is 194 Å². The molecule has 0 bridgehead atoms. The van der Waals surface area contributed by atoms with Crippen molar-refractivity contribution in [3.8, 4) is 17.2 Å². The zero-order valence-electron chi connectivity index (χ0n) is 17.8. The average Bonchev–Trinajstić information content (AvgIpc) is 3.32. The maximum atomic E-state index is 13.0. The van der Waals surface area contributed by atoms with Gasteiger partial charge in [-0.1, -0.05) is 12.1 Å². The van der Waals surface area contributed by atoms with Gasteiger partial charge in [0, 0.05) is 11.3 Å². The molecule has 3 aromatic carbocycles. The number of hydrogen-bond donors (Lipinski definition) is 1. The summed E-state index contributed by atoms with van der Waals surface area (Å²) in [5.74, 6) is -0.253. The van der Waals surface area contributed by atoms with Crippen LogP contribution >= 0.6 is 0 Å². The molecule has 4 rings (SSSR count). The summed E-state index contributed by atoms with van der Waals surface area (Å²) >= 11 is 0. The van der Waals surface area contributed by atoms with Crippen LogP contribution in [0.3, 0.4) is 0 Å². The molecule has 0 spiro atoms. The summed E-state index contributed by atoms with van der Waals surface area (Å²) in [6.45, 7) is -0.0221. The van der Waals surface area contributed by atoms with Crippen LogP contribution in [-0.2, 0) is 21.4 Å². The van der Waals surface area contributed by atoms with Gasteiger partial charge in [-0.25, -0.2) is 17.6 Å². The number of benzene rings is 3. The molecule has 9 nitrogen and oxygen atoms in total. The summed E-state index contributed by atoms with van der Waals surface area (Å²) in [5.41, 5.74) is 0.769. The number of nitrogens with one attached hydrogen (secondary N) is 1. The van der Waals surface area contributed by atoms with E-state index in [1.807, 2.05) is 0 Å². The zero-order chi connectivity index (χ0) is 24.1. The summed E-state index contributed by atoms with van der Waals surface area (Å²) < 4.78 is 56.8. The number of carbonyl (C=O) groups is 1. The van der Waals surface area contributed by atoms with Crippen LogP contribution in [0, 0.1) is 5.82 Å². The number of carbonyl (C=O) groups excluding carboxylic acids is 1. The molecule has 0 atom stereocenters. The first-order valence-electron chi connectivity index (χ1n) is 9.87. The molecule has 1 aromatic heterocycles. The number of sulfonamides is 1.